The van der Waals surface area contributed by atoms with Gasteiger partial charge in [0.05, 0.1) is 5.69 Å². The molecule has 0 saturated carbocycles. The molecule has 0 unspecified atom stereocenters. The highest BCUT2D eigenvalue weighted by Gasteiger charge is 2.17. The van der Waals surface area contributed by atoms with E-state index in [4.69, 9.17) is 9.63 Å². The Morgan fingerprint density at radius 2 is 1.77 bits per heavy atom. The van der Waals surface area contributed by atoms with Crippen LogP contribution in [0.25, 0.3) is 0 Å². The smallest absolute Gasteiger partial charge is 0.322 e. The van der Waals surface area contributed by atoms with E-state index >= 15 is 0 Å². The highest BCUT2D eigenvalue weighted by atomic mass is 16.5. The van der Waals surface area contributed by atoms with E-state index in [0.717, 1.165) is 18.5 Å². The molecule has 138 valence electrons. The maximum Gasteiger partial charge on any atom is 0.322 e. The molecule has 0 aliphatic heterocycles. The predicted molar refractivity (Wildman–Crippen MR) is 94.2 cm³/mol. The number of rotatable bonds is 8. The van der Waals surface area contributed by atoms with Crippen molar-refractivity contribution in [2.45, 2.75) is 32.6 Å². The zero-order chi connectivity index (χ0) is 19.1. The van der Waals surface area contributed by atoms with Crippen LogP contribution in [-0.4, -0.2) is 34.6 Å². The summed E-state index contributed by atoms with van der Waals surface area (Å²) < 4.78 is 5.12. The number of aromatic nitrogens is 1. The summed E-state index contributed by atoms with van der Waals surface area (Å²) in [7, 11) is 0. The molecule has 0 aliphatic carbocycles. The molecule has 2 aromatic rings. The van der Waals surface area contributed by atoms with E-state index < -0.39 is 24.3 Å². The van der Waals surface area contributed by atoms with Crippen LogP contribution >= 0.6 is 0 Å². The van der Waals surface area contributed by atoms with Crippen LogP contribution in [0.1, 0.15) is 59.2 Å². The van der Waals surface area contributed by atoms with Crippen molar-refractivity contribution >= 4 is 23.5 Å². The fraction of sp³-hybridized carbons (Fsp3) is 0.333. The predicted octanol–water partition coefficient (Wildman–Crippen LogP) is 2.64. The zero-order valence-corrected chi connectivity index (χ0v) is 14.6. The quantitative estimate of drug-likeness (QED) is 0.666. The largest absolute Gasteiger partial charge is 0.480 e. The molecule has 1 heterocycles. The summed E-state index contributed by atoms with van der Waals surface area (Å²) in [6, 6.07) is 7.71. The molecule has 3 N–H and O–H groups in total. The van der Waals surface area contributed by atoms with Crippen LogP contribution in [0.15, 0.2) is 34.9 Å². The van der Waals surface area contributed by atoms with Gasteiger partial charge in [-0.25, -0.2) is 0 Å². The van der Waals surface area contributed by atoms with Gasteiger partial charge in [-0.3, -0.25) is 14.4 Å². The second-order valence-corrected chi connectivity index (χ2v) is 5.74. The van der Waals surface area contributed by atoms with E-state index in [0.29, 0.717) is 11.3 Å². The molecule has 8 heteroatoms. The van der Waals surface area contributed by atoms with Crippen molar-refractivity contribution in [1.82, 2.24) is 10.5 Å². The molecular weight excluding hydrogens is 338 g/mol. The number of carboxylic acid groups (broad SMARTS) is 1. The van der Waals surface area contributed by atoms with E-state index in [2.05, 4.69) is 29.6 Å². The number of carbonyl (C=O) groups is 3. The lowest BCUT2D eigenvalue weighted by atomic mass is 9.99. The highest BCUT2D eigenvalue weighted by Crippen LogP contribution is 2.22. The molecule has 2 amide bonds. The number of hydrogen-bond acceptors (Lipinski definition) is 5. The number of nitrogens with one attached hydrogen (secondary N) is 2. The van der Waals surface area contributed by atoms with Crippen LogP contribution in [-0.2, 0) is 4.79 Å². The van der Waals surface area contributed by atoms with Crippen molar-refractivity contribution in [3.8, 4) is 0 Å². The molecule has 0 fully saturated rings. The van der Waals surface area contributed by atoms with Gasteiger partial charge in [-0.05, 0) is 37.1 Å². The van der Waals surface area contributed by atoms with Crippen molar-refractivity contribution in [1.29, 1.82) is 0 Å². The van der Waals surface area contributed by atoms with Crippen molar-refractivity contribution in [3.63, 3.8) is 0 Å². The number of aliphatic carboxylic acids is 1. The number of carboxylic acids is 1. The fourth-order valence-corrected chi connectivity index (χ4v) is 2.45. The van der Waals surface area contributed by atoms with Crippen LogP contribution in [0.3, 0.4) is 0 Å². The van der Waals surface area contributed by atoms with E-state index in [1.54, 1.807) is 18.2 Å². The lowest BCUT2D eigenvalue weighted by Crippen LogP contribution is -2.29. The van der Waals surface area contributed by atoms with E-state index in [-0.39, 0.29) is 11.7 Å². The molecule has 0 aliphatic rings. The van der Waals surface area contributed by atoms with Gasteiger partial charge in [-0.1, -0.05) is 19.0 Å². The SMILES string of the molecule is CCC(CC)c1cc(C(=O)Nc2ccc(C(=O)NCC(=O)O)cc2)on1. The number of carbonyl (C=O) groups excluding carboxylic acids is 2. The minimum atomic E-state index is -1.12. The monoisotopic (exact) mass is 359 g/mol. The molecule has 26 heavy (non-hydrogen) atoms. The van der Waals surface area contributed by atoms with Crippen molar-refractivity contribution in [3.05, 3.63) is 47.3 Å². The van der Waals surface area contributed by atoms with Gasteiger partial charge < -0.3 is 20.3 Å². The maximum atomic E-state index is 12.2. The number of amides is 2. The topological polar surface area (TPSA) is 122 Å². The second kappa shape index (κ2) is 8.80. The molecule has 0 radical (unpaired) electrons. The maximum absolute atomic E-state index is 12.2. The van der Waals surface area contributed by atoms with Crippen molar-refractivity contribution in [2.75, 3.05) is 11.9 Å². The lowest BCUT2D eigenvalue weighted by Gasteiger charge is -2.06. The Hall–Kier alpha value is -3.16. The fourth-order valence-electron chi connectivity index (χ4n) is 2.45. The Bertz CT molecular complexity index is 778. The van der Waals surface area contributed by atoms with Crippen LogP contribution in [0.4, 0.5) is 5.69 Å². The van der Waals surface area contributed by atoms with Crippen LogP contribution < -0.4 is 10.6 Å². The van der Waals surface area contributed by atoms with E-state index in [1.807, 2.05) is 0 Å². The number of hydrogen-bond donors (Lipinski definition) is 3. The first-order valence-corrected chi connectivity index (χ1v) is 8.32. The Kier molecular flexibility index (Phi) is 6.48. The third-order valence-electron chi connectivity index (χ3n) is 3.96. The van der Waals surface area contributed by atoms with Gasteiger partial charge >= 0.3 is 5.97 Å². The van der Waals surface area contributed by atoms with Gasteiger partial charge in [0.2, 0.25) is 5.76 Å². The van der Waals surface area contributed by atoms with Gasteiger partial charge in [0.1, 0.15) is 6.54 Å². The summed E-state index contributed by atoms with van der Waals surface area (Å²) in [5, 5.41) is 17.4. The Morgan fingerprint density at radius 1 is 1.12 bits per heavy atom. The van der Waals surface area contributed by atoms with Crippen molar-refractivity contribution in [2.24, 2.45) is 0 Å². The number of anilines is 1. The average Bonchev–Trinajstić information content (AvgIpc) is 3.11. The molecule has 8 nitrogen and oxygen atoms in total. The van der Waals surface area contributed by atoms with Crippen LogP contribution in [0.2, 0.25) is 0 Å². The molecule has 0 bridgehead atoms. The zero-order valence-electron chi connectivity index (χ0n) is 14.6. The first-order chi connectivity index (χ1) is 12.4. The highest BCUT2D eigenvalue weighted by molar-refractivity contribution is 6.02. The molecule has 0 spiro atoms. The summed E-state index contributed by atoms with van der Waals surface area (Å²) >= 11 is 0. The van der Waals surface area contributed by atoms with Gasteiger partial charge in [-0.15, -0.1) is 0 Å². The third kappa shape index (κ3) is 4.92. The molecule has 1 aromatic carbocycles. The number of benzene rings is 1. The minimum Gasteiger partial charge on any atom is -0.480 e. The van der Waals surface area contributed by atoms with Gasteiger partial charge in [-0.2, -0.15) is 0 Å². The summed E-state index contributed by atoms with van der Waals surface area (Å²) in [4.78, 5) is 34.4. The van der Waals surface area contributed by atoms with Gasteiger partial charge in [0.15, 0.2) is 0 Å². The van der Waals surface area contributed by atoms with E-state index in [9.17, 15) is 14.4 Å². The molecule has 1 aromatic heterocycles. The van der Waals surface area contributed by atoms with Gasteiger partial charge in [0, 0.05) is 23.2 Å². The summed E-state index contributed by atoms with van der Waals surface area (Å²) in [6.07, 6.45) is 1.82. The summed E-state index contributed by atoms with van der Waals surface area (Å²) in [5.74, 6) is -1.69. The molecule has 0 saturated heterocycles. The van der Waals surface area contributed by atoms with Crippen LogP contribution in [0, 0.1) is 0 Å². The normalized spacial score (nSPS) is 10.6. The molecular formula is C18H21N3O5. The summed E-state index contributed by atoms with van der Waals surface area (Å²) in [5.41, 5.74) is 1.52. The third-order valence-corrected chi connectivity index (χ3v) is 3.96. The number of nitrogens with zero attached hydrogens (tertiary/aromatic N) is 1. The van der Waals surface area contributed by atoms with E-state index in [1.165, 1.54) is 12.1 Å². The second-order valence-electron chi connectivity index (χ2n) is 5.74. The van der Waals surface area contributed by atoms with Gasteiger partial charge in [0.25, 0.3) is 11.8 Å². The molecule has 0 atom stereocenters. The Balaban J connectivity index is 1.99. The van der Waals surface area contributed by atoms with Crippen molar-refractivity contribution < 1.29 is 24.0 Å². The minimum absolute atomic E-state index is 0.121. The lowest BCUT2D eigenvalue weighted by molar-refractivity contribution is -0.135. The Morgan fingerprint density at radius 3 is 2.35 bits per heavy atom. The molecule has 2 rings (SSSR count). The summed E-state index contributed by atoms with van der Waals surface area (Å²) in [6.45, 7) is 3.65. The first kappa shape index (κ1) is 19.2. The Labute approximate surface area is 150 Å². The first-order valence-electron chi connectivity index (χ1n) is 8.32. The van der Waals surface area contributed by atoms with Crippen LogP contribution in [0.5, 0.6) is 0 Å². The standard InChI is InChI=1S/C18H21N3O5/c1-3-11(4-2)14-9-15(26-21-14)18(25)20-13-7-5-12(6-8-13)17(24)19-10-16(22)23/h5-9,11H,3-4,10H2,1-2H3,(H,19,24)(H,20,25)(H,22,23). The average molecular weight is 359 g/mol.